The molecule has 3 nitrogen and oxygen atoms in total. The fourth-order valence-electron chi connectivity index (χ4n) is 2.29. The second-order valence-corrected chi connectivity index (χ2v) is 6.35. The van der Waals surface area contributed by atoms with Crippen molar-refractivity contribution in [2.75, 3.05) is 13.2 Å². The van der Waals surface area contributed by atoms with Crippen LogP contribution in [0.1, 0.15) is 29.7 Å². The standard InChI is InChI=1S/C19H24ClNO2/c1-13-4-5-14(2)19(10-13)23-12-18(22)11-21-15(3)16-6-8-17(20)9-7-16/h4-10,15,18,21-22H,11-12H2,1-3H3. The van der Waals surface area contributed by atoms with Gasteiger partial charge in [0.1, 0.15) is 18.5 Å². The normalized spacial score (nSPS) is 13.6. The fraction of sp³-hybridized carbons (Fsp3) is 0.368. The molecule has 0 spiro atoms. The monoisotopic (exact) mass is 333 g/mol. The lowest BCUT2D eigenvalue weighted by molar-refractivity contribution is 0.104. The summed E-state index contributed by atoms with van der Waals surface area (Å²) >= 11 is 5.89. The van der Waals surface area contributed by atoms with Gasteiger partial charge in [0.15, 0.2) is 0 Å². The minimum atomic E-state index is -0.565. The summed E-state index contributed by atoms with van der Waals surface area (Å²) in [6, 6.07) is 13.9. The first-order chi connectivity index (χ1) is 11.0. The first-order valence-corrected chi connectivity index (χ1v) is 8.20. The van der Waals surface area contributed by atoms with Gasteiger partial charge >= 0.3 is 0 Å². The third kappa shape index (κ3) is 5.54. The molecule has 0 amide bonds. The lowest BCUT2D eigenvalue weighted by Crippen LogP contribution is -2.33. The summed E-state index contributed by atoms with van der Waals surface area (Å²) in [5.41, 5.74) is 3.36. The molecule has 2 aromatic rings. The smallest absolute Gasteiger partial charge is 0.122 e. The van der Waals surface area contributed by atoms with E-state index in [2.05, 4.69) is 12.2 Å². The molecule has 0 saturated carbocycles. The average molecular weight is 334 g/mol. The van der Waals surface area contributed by atoms with Crippen LogP contribution in [-0.2, 0) is 0 Å². The van der Waals surface area contributed by atoms with Gasteiger partial charge in [0.05, 0.1) is 0 Å². The average Bonchev–Trinajstić information content (AvgIpc) is 2.54. The highest BCUT2D eigenvalue weighted by atomic mass is 35.5. The Bertz CT molecular complexity index is 628. The van der Waals surface area contributed by atoms with Crippen LogP contribution >= 0.6 is 11.6 Å². The Labute approximate surface area is 143 Å². The summed E-state index contributed by atoms with van der Waals surface area (Å²) in [7, 11) is 0. The molecule has 0 saturated heterocycles. The number of ether oxygens (including phenoxy) is 1. The first kappa shape index (κ1) is 17.8. The van der Waals surface area contributed by atoms with E-state index in [1.807, 2.05) is 56.3 Å². The van der Waals surface area contributed by atoms with E-state index >= 15 is 0 Å². The lowest BCUT2D eigenvalue weighted by Gasteiger charge is -2.18. The Morgan fingerprint density at radius 1 is 1.13 bits per heavy atom. The van der Waals surface area contributed by atoms with Gasteiger partial charge in [-0.15, -0.1) is 0 Å². The van der Waals surface area contributed by atoms with Crippen molar-refractivity contribution in [3.05, 3.63) is 64.2 Å². The van der Waals surface area contributed by atoms with Gasteiger partial charge in [0.25, 0.3) is 0 Å². The SMILES string of the molecule is Cc1ccc(C)c(OCC(O)CNC(C)c2ccc(Cl)cc2)c1. The molecule has 2 N–H and O–H groups in total. The van der Waals surface area contributed by atoms with Crippen LogP contribution < -0.4 is 10.1 Å². The van der Waals surface area contributed by atoms with E-state index in [4.69, 9.17) is 16.3 Å². The number of aliphatic hydroxyl groups is 1. The molecule has 0 aromatic heterocycles. The van der Waals surface area contributed by atoms with Crippen LogP contribution in [0.25, 0.3) is 0 Å². The number of hydrogen-bond acceptors (Lipinski definition) is 3. The van der Waals surface area contributed by atoms with Crippen molar-refractivity contribution >= 4 is 11.6 Å². The molecule has 0 heterocycles. The van der Waals surface area contributed by atoms with Gasteiger partial charge in [0, 0.05) is 17.6 Å². The van der Waals surface area contributed by atoms with Crippen molar-refractivity contribution in [1.29, 1.82) is 0 Å². The van der Waals surface area contributed by atoms with Crippen LogP contribution in [0.5, 0.6) is 5.75 Å². The molecule has 0 aliphatic carbocycles. The molecule has 2 rings (SSSR count). The minimum Gasteiger partial charge on any atom is -0.491 e. The number of aliphatic hydroxyl groups excluding tert-OH is 1. The van der Waals surface area contributed by atoms with Crippen LogP contribution in [0.3, 0.4) is 0 Å². The maximum atomic E-state index is 10.1. The molecule has 4 heteroatoms. The molecule has 2 aromatic carbocycles. The Balaban J connectivity index is 1.79. The van der Waals surface area contributed by atoms with Gasteiger partial charge in [-0.3, -0.25) is 0 Å². The predicted octanol–water partition coefficient (Wildman–Crippen LogP) is 4.05. The largest absolute Gasteiger partial charge is 0.491 e. The van der Waals surface area contributed by atoms with Gasteiger partial charge in [-0.1, -0.05) is 35.9 Å². The summed E-state index contributed by atoms with van der Waals surface area (Å²) in [6.45, 7) is 6.82. The molecule has 2 atom stereocenters. The molecule has 0 radical (unpaired) electrons. The highest BCUT2D eigenvalue weighted by Gasteiger charge is 2.10. The summed E-state index contributed by atoms with van der Waals surface area (Å²) in [4.78, 5) is 0. The van der Waals surface area contributed by atoms with E-state index in [0.29, 0.717) is 6.54 Å². The van der Waals surface area contributed by atoms with E-state index in [1.54, 1.807) is 0 Å². The lowest BCUT2D eigenvalue weighted by atomic mass is 10.1. The van der Waals surface area contributed by atoms with Crippen LogP contribution in [-0.4, -0.2) is 24.4 Å². The molecule has 0 aliphatic heterocycles. The quantitative estimate of drug-likeness (QED) is 0.803. The molecular weight excluding hydrogens is 310 g/mol. The van der Waals surface area contributed by atoms with E-state index in [0.717, 1.165) is 27.5 Å². The van der Waals surface area contributed by atoms with Crippen molar-refractivity contribution < 1.29 is 9.84 Å². The van der Waals surface area contributed by atoms with Gasteiger partial charge < -0.3 is 15.2 Å². The number of rotatable bonds is 7. The molecule has 23 heavy (non-hydrogen) atoms. The molecule has 124 valence electrons. The summed E-state index contributed by atoms with van der Waals surface area (Å²) in [5.74, 6) is 0.829. The number of nitrogens with one attached hydrogen (secondary N) is 1. The van der Waals surface area contributed by atoms with Gasteiger partial charge in [-0.05, 0) is 55.7 Å². The van der Waals surface area contributed by atoms with E-state index in [9.17, 15) is 5.11 Å². The van der Waals surface area contributed by atoms with Crippen LogP contribution in [0.4, 0.5) is 0 Å². The van der Waals surface area contributed by atoms with Gasteiger partial charge in [-0.25, -0.2) is 0 Å². The van der Waals surface area contributed by atoms with Crippen molar-refractivity contribution in [3.8, 4) is 5.75 Å². The minimum absolute atomic E-state index is 0.141. The fourth-order valence-corrected chi connectivity index (χ4v) is 2.42. The summed E-state index contributed by atoms with van der Waals surface area (Å²) in [6.07, 6.45) is -0.565. The van der Waals surface area contributed by atoms with E-state index in [1.165, 1.54) is 0 Å². The zero-order valence-electron chi connectivity index (χ0n) is 13.8. The second-order valence-electron chi connectivity index (χ2n) is 5.92. The third-order valence-corrected chi connectivity index (χ3v) is 4.06. The molecule has 2 unspecified atom stereocenters. The van der Waals surface area contributed by atoms with Crippen LogP contribution in [0.15, 0.2) is 42.5 Å². The first-order valence-electron chi connectivity index (χ1n) is 7.82. The molecule has 0 fully saturated rings. The molecule has 0 aliphatic rings. The van der Waals surface area contributed by atoms with Crippen molar-refractivity contribution in [2.24, 2.45) is 0 Å². The zero-order valence-corrected chi connectivity index (χ0v) is 14.6. The van der Waals surface area contributed by atoms with Gasteiger partial charge in [-0.2, -0.15) is 0 Å². The molecule has 0 bridgehead atoms. The second kappa shape index (κ2) is 8.34. The van der Waals surface area contributed by atoms with Crippen LogP contribution in [0, 0.1) is 13.8 Å². The van der Waals surface area contributed by atoms with Crippen molar-refractivity contribution in [2.45, 2.75) is 32.9 Å². The third-order valence-electron chi connectivity index (χ3n) is 3.80. The Morgan fingerprint density at radius 3 is 2.52 bits per heavy atom. The van der Waals surface area contributed by atoms with E-state index in [-0.39, 0.29) is 12.6 Å². The number of benzene rings is 2. The van der Waals surface area contributed by atoms with Gasteiger partial charge in [0.2, 0.25) is 0 Å². The number of hydrogen-bond donors (Lipinski definition) is 2. The van der Waals surface area contributed by atoms with E-state index < -0.39 is 6.10 Å². The van der Waals surface area contributed by atoms with Crippen LogP contribution in [0.2, 0.25) is 5.02 Å². The highest BCUT2D eigenvalue weighted by molar-refractivity contribution is 6.30. The summed E-state index contributed by atoms with van der Waals surface area (Å²) < 4.78 is 5.73. The Hall–Kier alpha value is -1.55. The Morgan fingerprint density at radius 2 is 1.83 bits per heavy atom. The maximum Gasteiger partial charge on any atom is 0.122 e. The topological polar surface area (TPSA) is 41.5 Å². The van der Waals surface area contributed by atoms with Crippen molar-refractivity contribution in [3.63, 3.8) is 0 Å². The zero-order chi connectivity index (χ0) is 16.8. The number of aryl methyl sites for hydroxylation is 2. The highest BCUT2D eigenvalue weighted by Crippen LogP contribution is 2.19. The van der Waals surface area contributed by atoms with Crippen molar-refractivity contribution in [1.82, 2.24) is 5.32 Å². The summed E-state index contributed by atoms with van der Waals surface area (Å²) in [5, 5.41) is 14.1. The Kier molecular flexibility index (Phi) is 6.46. The predicted molar refractivity (Wildman–Crippen MR) is 95.3 cm³/mol. The number of halogens is 1. The molecular formula is C19H24ClNO2. The maximum absolute atomic E-state index is 10.1.